The second kappa shape index (κ2) is 5.69. The van der Waals surface area contributed by atoms with Crippen LogP contribution in [0.15, 0.2) is 16.5 Å². The minimum atomic E-state index is 0.444. The van der Waals surface area contributed by atoms with E-state index in [0.717, 1.165) is 31.2 Å². The highest BCUT2D eigenvalue weighted by Gasteiger charge is 2.29. The summed E-state index contributed by atoms with van der Waals surface area (Å²) in [5, 5.41) is 7.06. The molecule has 3 nitrogen and oxygen atoms in total. The maximum atomic E-state index is 5.56. The Morgan fingerprint density at radius 1 is 1.47 bits per heavy atom. The molecule has 2 N–H and O–H groups in total. The second-order valence-corrected chi connectivity index (χ2v) is 5.25. The molecule has 0 aromatic carbocycles. The number of piperidine rings is 1. The predicted molar refractivity (Wildman–Crippen MR) is 70.0 cm³/mol. The summed E-state index contributed by atoms with van der Waals surface area (Å²) in [6.45, 7) is 8.53. The van der Waals surface area contributed by atoms with Crippen molar-refractivity contribution in [2.45, 2.75) is 39.7 Å². The molecule has 0 bridgehead atoms. The SMILES string of the molecule is CCC1(CNCc2ccc(C)o2)CCCNC1. The Labute approximate surface area is 104 Å². The van der Waals surface area contributed by atoms with Crippen molar-refractivity contribution >= 4 is 0 Å². The lowest BCUT2D eigenvalue weighted by Crippen LogP contribution is -2.45. The zero-order valence-electron chi connectivity index (χ0n) is 11.0. The van der Waals surface area contributed by atoms with Gasteiger partial charge >= 0.3 is 0 Å². The minimum absolute atomic E-state index is 0.444. The topological polar surface area (TPSA) is 37.2 Å². The van der Waals surface area contributed by atoms with Crippen LogP contribution in [0, 0.1) is 12.3 Å². The third kappa shape index (κ3) is 3.33. The Balaban J connectivity index is 1.79. The van der Waals surface area contributed by atoms with Crippen LogP contribution in [-0.2, 0) is 6.54 Å². The van der Waals surface area contributed by atoms with Gasteiger partial charge in [0.2, 0.25) is 0 Å². The van der Waals surface area contributed by atoms with E-state index in [-0.39, 0.29) is 0 Å². The van der Waals surface area contributed by atoms with Gasteiger partial charge in [-0.15, -0.1) is 0 Å². The highest BCUT2D eigenvalue weighted by atomic mass is 16.3. The largest absolute Gasteiger partial charge is 0.465 e. The smallest absolute Gasteiger partial charge is 0.117 e. The van der Waals surface area contributed by atoms with Crippen LogP contribution >= 0.6 is 0 Å². The summed E-state index contributed by atoms with van der Waals surface area (Å²) in [5.74, 6) is 2.03. The number of hydrogen-bond acceptors (Lipinski definition) is 3. The molecule has 0 amide bonds. The van der Waals surface area contributed by atoms with Crippen LogP contribution in [-0.4, -0.2) is 19.6 Å². The van der Waals surface area contributed by atoms with Crippen LogP contribution in [0.4, 0.5) is 0 Å². The molecule has 2 rings (SSSR count). The van der Waals surface area contributed by atoms with Crippen LogP contribution in [0.2, 0.25) is 0 Å². The van der Waals surface area contributed by atoms with E-state index in [4.69, 9.17) is 4.42 Å². The van der Waals surface area contributed by atoms with Crippen LogP contribution < -0.4 is 10.6 Å². The highest BCUT2D eigenvalue weighted by Crippen LogP contribution is 2.29. The lowest BCUT2D eigenvalue weighted by Gasteiger charge is -2.37. The fourth-order valence-corrected chi connectivity index (χ4v) is 2.64. The monoisotopic (exact) mass is 236 g/mol. The summed E-state index contributed by atoms with van der Waals surface area (Å²) in [7, 11) is 0. The molecule has 1 aliphatic heterocycles. The van der Waals surface area contributed by atoms with Gasteiger partial charge in [0, 0.05) is 13.1 Å². The van der Waals surface area contributed by atoms with Crippen LogP contribution in [0.5, 0.6) is 0 Å². The van der Waals surface area contributed by atoms with Gasteiger partial charge in [0.15, 0.2) is 0 Å². The van der Waals surface area contributed by atoms with Gasteiger partial charge in [-0.05, 0) is 50.3 Å². The third-order valence-corrected chi connectivity index (χ3v) is 3.91. The molecule has 1 fully saturated rings. The van der Waals surface area contributed by atoms with Crippen LogP contribution in [0.1, 0.15) is 37.7 Å². The van der Waals surface area contributed by atoms with Crippen molar-refractivity contribution in [1.29, 1.82) is 0 Å². The summed E-state index contributed by atoms with van der Waals surface area (Å²) in [6, 6.07) is 4.08. The first-order chi connectivity index (χ1) is 8.24. The standard InChI is InChI=1S/C14H24N2O/c1-3-14(7-4-8-15-10-14)11-16-9-13-6-5-12(2)17-13/h5-6,15-16H,3-4,7-11H2,1-2H3. The van der Waals surface area contributed by atoms with Crippen molar-refractivity contribution in [3.05, 3.63) is 23.7 Å². The molecular formula is C14H24N2O. The summed E-state index contributed by atoms with van der Waals surface area (Å²) < 4.78 is 5.56. The zero-order chi connectivity index (χ0) is 12.1. The van der Waals surface area contributed by atoms with E-state index in [0.29, 0.717) is 5.41 Å². The van der Waals surface area contributed by atoms with Crippen LogP contribution in [0.25, 0.3) is 0 Å². The average molecular weight is 236 g/mol. The highest BCUT2D eigenvalue weighted by molar-refractivity contribution is 5.05. The van der Waals surface area contributed by atoms with Crippen molar-refractivity contribution < 1.29 is 4.42 Å². The van der Waals surface area contributed by atoms with E-state index in [9.17, 15) is 0 Å². The predicted octanol–water partition coefficient (Wildman–Crippen LogP) is 2.46. The Morgan fingerprint density at radius 3 is 2.94 bits per heavy atom. The Hall–Kier alpha value is -0.800. The molecule has 1 unspecified atom stereocenters. The molecule has 0 radical (unpaired) electrons. The lowest BCUT2D eigenvalue weighted by molar-refractivity contribution is 0.190. The van der Waals surface area contributed by atoms with Gasteiger partial charge in [0.1, 0.15) is 11.5 Å². The van der Waals surface area contributed by atoms with Gasteiger partial charge in [-0.25, -0.2) is 0 Å². The quantitative estimate of drug-likeness (QED) is 0.824. The first-order valence-corrected chi connectivity index (χ1v) is 6.71. The maximum Gasteiger partial charge on any atom is 0.117 e. The van der Waals surface area contributed by atoms with Gasteiger partial charge < -0.3 is 15.1 Å². The molecule has 3 heteroatoms. The van der Waals surface area contributed by atoms with Crippen molar-refractivity contribution in [2.75, 3.05) is 19.6 Å². The van der Waals surface area contributed by atoms with Gasteiger partial charge in [0.25, 0.3) is 0 Å². The first-order valence-electron chi connectivity index (χ1n) is 6.71. The Morgan fingerprint density at radius 2 is 2.35 bits per heavy atom. The van der Waals surface area contributed by atoms with Gasteiger partial charge in [0.05, 0.1) is 6.54 Å². The van der Waals surface area contributed by atoms with E-state index >= 15 is 0 Å². The summed E-state index contributed by atoms with van der Waals surface area (Å²) in [5.41, 5.74) is 0.444. The molecule has 1 saturated heterocycles. The summed E-state index contributed by atoms with van der Waals surface area (Å²) >= 11 is 0. The molecule has 1 aromatic heterocycles. The molecular weight excluding hydrogens is 212 g/mol. The van der Waals surface area contributed by atoms with E-state index in [1.807, 2.05) is 13.0 Å². The van der Waals surface area contributed by atoms with Crippen molar-refractivity contribution in [3.63, 3.8) is 0 Å². The van der Waals surface area contributed by atoms with Gasteiger partial charge in [-0.2, -0.15) is 0 Å². The number of hydrogen-bond donors (Lipinski definition) is 2. The number of furan rings is 1. The van der Waals surface area contributed by atoms with Crippen molar-refractivity contribution in [1.82, 2.24) is 10.6 Å². The van der Waals surface area contributed by atoms with E-state index < -0.39 is 0 Å². The third-order valence-electron chi connectivity index (χ3n) is 3.91. The molecule has 1 aliphatic rings. The number of aryl methyl sites for hydroxylation is 1. The fourth-order valence-electron chi connectivity index (χ4n) is 2.64. The molecule has 0 spiro atoms. The minimum Gasteiger partial charge on any atom is -0.465 e. The molecule has 17 heavy (non-hydrogen) atoms. The van der Waals surface area contributed by atoms with Crippen LogP contribution in [0.3, 0.4) is 0 Å². The lowest BCUT2D eigenvalue weighted by atomic mass is 9.78. The number of nitrogens with one attached hydrogen (secondary N) is 2. The molecule has 0 saturated carbocycles. The second-order valence-electron chi connectivity index (χ2n) is 5.25. The van der Waals surface area contributed by atoms with E-state index in [1.165, 1.54) is 25.8 Å². The Kier molecular flexibility index (Phi) is 4.24. The summed E-state index contributed by atoms with van der Waals surface area (Å²) in [4.78, 5) is 0. The van der Waals surface area contributed by atoms with E-state index in [2.05, 4.69) is 23.6 Å². The molecule has 1 aromatic rings. The molecule has 96 valence electrons. The van der Waals surface area contributed by atoms with E-state index in [1.54, 1.807) is 0 Å². The van der Waals surface area contributed by atoms with Crippen molar-refractivity contribution in [2.24, 2.45) is 5.41 Å². The normalized spacial score (nSPS) is 25.1. The molecule has 1 atom stereocenters. The molecule has 2 heterocycles. The maximum absolute atomic E-state index is 5.56. The fraction of sp³-hybridized carbons (Fsp3) is 0.714. The summed E-state index contributed by atoms with van der Waals surface area (Å²) in [6.07, 6.45) is 3.88. The van der Waals surface area contributed by atoms with Crippen molar-refractivity contribution in [3.8, 4) is 0 Å². The molecule has 0 aliphatic carbocycles. The van der Waals surface area contributed by atoms with Gasteiger partial charge in [-0.1, -0.05) is 6.92 Å². The Bertz CT molecular complexity index is 340. The number of rotatable bonds is 5. The van der Waals surface area contributed by atoms with Gasteiger partial charge in [-0.3, -0.25) is 0 Å². The average Bonchev–Trinajstić information content (AvgIpc) is 2.76. The first kappa shape index (κ1) is 12.7. The zero-order valence-corrected chi connectivity index (χ0v) is 11.0.